The Balaban J connectivity index is 2.01. The van der Waals surface area contributed by atoms with Crippen molar-refractivity contribution in [2.75, 3.05) is 13.7 Å². The zero-order valence-electron chi connectivity index (χ0n) is 13.3. The number of hydrogen-bond donors (Lipinski definition) is 1. The highest BCUT2D eigenvalue weighted by atomic mass is 32.2. The van der Waals surface area contributed by atoms with Crippen molar-refractivity contribution in [3.63, 3.8) is 0 Å². The Hall–Kier alpha value is -1.97. The van der Waals surface area contributed by atoms with E-state index in [9.17, 15) is 17.9 Å². The maximum Gasteiger partial charge on any atom is 0.243 e. The van der Waals surface area contributed by atoms with Gasteiger partial charge in [0.2, 0.25) is 10.0 Å². The number of aliphatic hydroxyl groups is 1. The fraction of sp³-hybridized carbons (Fsp3) is 0.400. The van der Waals surface area contributed by atoms with Crippen molar-refractivity contribution < 1.29 is 22.7 Å². The first kappa shape index (κ1) is 16.9. The molecule has 0 spiro atoms. The third-order valence-corrected chi connectivity index (χ3v) is 6.12. The summed E-state index contributed by atoms with van der Waals surface area (Å²) in [6, 6.07) is 2.87. The monoisotopic (exact) mass is 355 g/mol. The van der Waals surface area contributed by atoms with Crippen molar-refractivity contribution in [2.45, 2.75) is 23.9 Å². The van der Waals surface area contributed by atoms with Crippen LogP contribution in [0.1, 0.15) is 11.4 Å². The molecular weight excluding hydrogens is 337 g/mol. The van der Waals surface area contributed by atoms with Crippen LogP contribution in [0, 0.1) is 5.82 Å². The van der Waals surface area contributed by atoms with Crippen LogP contribution in [-0.2, 0) is 30.0 Å². The standard InChI is InChI=1S/C15H18FN3O4S/c1-18-9-17-13-7-19(10(8-20)5-14(13)18)24(21,22)11-3-4-15(23-2)12(16)6-11/h3-4,6,9-10,20H,5,7-8H2,1-2H3/t10-/m0/s1. The van der Waals surface area contributed by atoms with Crippen molar-refractivity contribution in [2.24, 2.45) is 7.05 Å². The molecule has 1 aromatic carbocycles. The number of nitrogens with zero attached hydrogens (tertiary/aromatic N) is 3. The van der Waals surface area contributed by atoms with Gasteiger partial charge in [-0.2, -0.15) is 4.31 Å². The lowest BCUT2D eigenvalue weighted by molar-refractivity contribution is 0.170. The summed E-state index contributed by atoms with van der Waals surface area (Å²) in [7, 11) is -0.846. The molecule has 1 N–H and O–H groups in total. The van der Waals surface area contributed by atoms with Crippen molar-refractivity contribution in [3.8, 4) is 5.75 Å². The molecule has 1 aliphatic heterocycles. The number of aromatic nitrogens is 2. The molecule has 7 nitrogen and oxygen atoms in total. The molecule has 0 radical (unpaired) electrons. The average Bonchev–Trinajstić information content (AvgIpc) is 2.94. The van der Waals surface area contributed by atoms with E-state index in [0.717, 1.165) is 11.8 Å². The molecular formula is C15H18FN3O4S. The quantitative estimate of drug-likeness (QED) is 0.872. The van der Waals surface area contributed by atoms with Crippen LogP contribution in [0.25, 0.3) is 0 Å². The smallest absolute Gasteiger partial charge is 0.243 e. The Kier molecular flexibility index (Phi) is 4.33. The summed E-state index contributed by atoms with van der Waals surface area (Å²) in [5.41, 5.74) is 1.53. The maximum absolute atomic E-state index is 13.9. The van der Waals surface area contributed by atoms with Gasteiger partial charge >= 0.3 is 0 Å². The minimum absolute atomic E-state index is 0.0293. The number of aliphatic hydroxyl groups excluding tert-OH is 1. The zero-order chi connectivity index (χ0) is 17.5. The van der Waals surface area contributed by atoms with E-state index in [1.165, 1.54) is 23.5 Å². The Morgan fingerprint density at radius 2 is 2.21 bits per heavy atom. The molecule has 2 heterocycles. The molecule has 24 heavy (non-hydrogen) atoms. The predicted molar refractivity (Wildman–Crippen MR) is 83.5 cm³/mol. The number of rotatable bonds is 4. The molecule has 0 amide bonds. The molecule has 0 aliphatic carbocycles. The number of benzene rings is 1. The highest BCUT2D eigenvalue weighted by Gasteiger charge is 2.37. The largest absolute Gasteiger partial charge is 0.494 e. The Morgan fingerprint density at radius 3 is 2.83 bits per heavy atom. The summed E-state index contributed by atoms with van der Waals surface area (Å²) < 4.78 is 47.5. The first-order valence-electron chi connectivity index (χ1n) is 7.33. The Morgan fingerprint density at radius 1 is 1.46 bits per heavy atom. The molecule has 0 unspecified atom stereocenters. The van der Waals surface area contributed by atoms with Gasteiger partial charge in [0.25, 0.3) is 0 Å². The lowest BCUT2D eigenvalue weighted by Crippen LogP contribution is -2.46. The van der Waals surface area contributed by atoms with E-state index < -0.39 is 21.9 Å². The Bertz CT molecular complexity index is 866. The fourth-order valence-electron chi connectivity index (χ4n) is 2.88. The summed E-state index contributed by atoms with van der Waals surface area (Å²) in [6.45, 7) is -0.292. The van der Waals surface area contributed by atoms with Crippen molar-refractivity contribution >= 4 is 10.0 Å². The number of sulfonamides is 1. The first-order valence-corrected chi connectivity index (χ1v) is 8.77. The topological polar surface area (TPSA) is 84.7 Å². The van der Waals surface area contributed by atoms with E-state index in [1.54, 1.807) is 6.33 Å². The number of imidazole rings is 1. The van der Waals surface area contributed by atoms with Crippen LogP contribution in [0.2, 0.25) is 0 Å². The third-order valence-electron chi connectivity index (χ3n) is 4.23. The molecule has 0 saturated carbocycles. The predicted octanol–water partition coefficient (Wildman–Crippen LogP) is 0.676. The Labute approximate surface area is 139 Å². The lowest BCUT2D eigenvalue weighted by Gasteiger charge is -2.33. The highest BCUT2D eigenvalue weighted by Crippen LogP contribution is 2.29. The second-order valence-electron chi connectivity index (χ2n) is 5.64. The van der Waals surface area contributed by atoms with Crippen LogP contribution in [0.15, 0.2) is 29.4 Å². The van der Waals surface area contributed by atoms with Gasteiger partial charge in [-0.25, -0.2) is 17.8 Å². The zero-order valence-corrected chi connectivity index (χ0v) is 14.1. The summed E-state index contributed by atoms with van der Waals surface area (Å²) in [6.07, 6.45) is 1.96. The van der Waals surface area contributed by atoms with Gasteiger partial charge in [0.1, 0.15) is 0 Å². The molecule has 1 atom stereocenters. The molecule has 130 valence electrons. The summed E-state index contributed by atoms with van der Waals surface area (Å²) >= 11 is 0. The summed E-state index contributed by atoms with van der Waals surface area (Å²) in [5.74, 6) is -0.784. The second-order valence-corrected chi connectivity index (χ2v) is 7.53. The van der Waals surface area contributed by atoms with E-state index in [-0.39, 0.29) is 23.8 Å². The van der Waals surface area contributed by atoms with E-state index in [2.05, 4.69) is 4.98 Å². The fourth-order valence-corrected chi connectivity index (χ4v) is 4.47. The van der Waals surface area contributed by atoms with Crippen LogP contribution in [0.3, 0.4) is 0 Å². The molecule has 1 aliphatic rings. The number of halogens is 1. The normalized spacial score (nSPS) is 18.4. The van der Waals surface area contributed by atoms with E-state index in [1.807, 2.05) is 11.6 Å². The van der Waals surface area contributed by atoms with Gasteiger partial charge in [-0.05, 0) is 18.2 Å². The minimum Gasteiger partial charge on any atom is -0.494 e. The number of methoxy groups -OCH3 is 1. The SMILES string of the molecule is COc1ccc(S(=O)(=O)N2Cc3ncn(C)c3C[C@H]2CO)cc1F. The lowest BCUT2D eigenvalue weighted by atomic mass is 10.1. The number of hydrogen-bond acceptors (Lipinski definition) is 5. The van der Waals surface area contributed by atoms with Crippen LogP contribution in [0.5, 0.6) is 5.75 Å². The van der Waals surface area contributed by atoms with Crippen molar-refractivity contribution in [3.05, 3.63) is 41.7 Å². The van der Waals surface area contributed by atoms with Gasteiger partial charge < -0.3 is 14.4 Å². The maximum atomic E-state index is 13.9. The second kappa shape index (κ2) is 6.15. The van der Waals surface area contributed by atoms with Crippen LogP contribution >= 0.6 is 0 Å². The van der Waals surface area contributed by atoms with Gasteiger partial charge in [-0.3, -0.25) is 0 Å². The molecule has 0 saturated heterocycles. The van der Waals surface area contributed by atoms with Gasteiger partial charge in [-0.15, -0.1) is 0 Å². The minimum atomic E-state index is -3.98. The average molecular weight is 355 g/mol. The summed E-state index contributed by atoms with van der Waals surface area (Å²) in [4.78, 5) is 4.03. The molecule has 2 aromatic rings. The van der Waals surface area contributed by atoms with Crippen molar-refractivity contribution in [1.82, 2.24) is 13.9 Å². The highest BCUT2D eigenvalue weighted by molar-refractivity contribution is 7.89. The van der Waals surface area contributed by atoms with Gasteiger partial charge in [0.05, 0.1) is 43.2 Å². The molecule has 0 fully saturated rings. The molecule has 9 heteroatoms. The number of ether oxygens (including phenoxy) is 1. The van der Waals surface area contributed by atoms with E-state index in [4.69, 9.17) is 4.74 Å². The van der Waals surface area contributed by atoms with Gasteiger partial charge in [0.15, 0.2) is 11.6 Å². The van der Waals surface area contributed by atoms with Gasteiger partial charge in [-0.1, -0.05) is 0 Å². The molecule has 1 aromatic heterocycles. The van der Waals surface area contributed by atoms with Crippen molar-refractivity contribution in [1.29, 1.82) is 0 Å². The first-order chi connectivity index (χ1) is 11.4. The molecule has 3 rings (SSSR count). The van der Waals surface area contributed by atoms with Crippen LogP contribution in [0.4, 0.5) is 4.39 Å². The summed E-state index contributed by atoms with van der Waals surface area (Å²) in [5, 5.41) is 9.63. The van der Waals surface area contributed by atoms with E-state index in [0.29, 0.717) is 12.1 Å². The van der Waals surface area contributed by atoms with Gasteiger partial charge in [0, 0.05) is 19.2 Å². The van der Waals surface area contributed by atoms with E-state index >= 15 is 0 Å². The number of fused-ring (bicyclic) bond motifs is 1. The van der Waals surface area contributed by atoms with Crippen LogP contribution < -0.4 is 4.74 Å². The third kappa shape index (κ3) is 2.68. The molecule has 0 bridgehead atoms. The number of aryl methyl sites for hydroxylation is 1. The van der Waals surface area contributed by atoms with Crippen LogP contribution in [-0.4, -0.2) is 47.1 Å².